The Balaban J connectivity index is 1.81. The van der Waals surface area contributed by atoms with E-state index in [2.05, 4.69) is 4.98 Å². The molecule has 0 saturated carbocycles. The zero-order chi connectivity index (χ0) is 14.5. The number of halogens is 1. The fourth-order valence-corrected chi connectivity index (χ4v) is 3.57. The second kappa shape index (κ2) is 6.97. The lowest BCUT2D eigenvalue weighted by Crippen LogP contribution is -1.99. The van der Waals surface area contributed by atoms with Gasteiger partial charge < -0.3 is 9.84 Å². The quantitative estimate of drug-likeness (QED) is 0.641. The second-order valence-corrected chi connectivity index (χ2v) is 6.63. The van der Waals surface area contributed by atoms with Crippen molar-refractivity contribution < 1.29 is 14.6 Å². The number of thioether (sulfide) groups is 1. The number of thiazole rings is 1. The number of nitrogens with zero attached hydrogens (tertiary/aromatic N) is 1. The van der Waals surface area contributed by atoms with Crippen molar-refractivity contribution in [2.45, 2.75) is 11.3 Å². The van der Waals surface area contributed by atoms with Gasteiger partial charge in [0.15, 0.2) is 4.34 Å². The molecule has 0 bridgehead atoms. The SMILES string of the molecule is Cc1nc(SCCOc2cccc(Cl)c2)sc1C(=O)O. The van der Waals surface area contributed by atoms with Gasteiger partial charge in [-0.2, -0.15) is 0 Å². The molecule has 1 aromatic heterocycles. The zero-order valence-electron chi connectivity index (χ0n) is 10.6. The standard InChI is InChI=1S/C13H12ClNO3S2/c1-8-11(12(16)17)20-13(15-8)19-6-5-18-10-4-2-3-9(14)7-10/h2-4,7H,5-6H2,1H3,(H,16,17). The number of carboxylic acid groups (broad SMARTS) is 1. The summed E-state index contributed by atoms with van der Waals surface area (Å²) in [6, 6.07) is 7.21. The molecule has 0 fully saturated rings. The lowest BCUT2D eigenvalue weighted by atomic mass is 10.3. The van der Waals surface area contributed by atoms with Gasteiger partial charge in [-0.05, 0) is 25.1 Å². The third-order valence-corrected chi connectivity index (χ3v) is 4.83. The van der Waals surface area contributed by atoms with Crippen LogP contribution in [-0.2, 0) is 0 Å². The van der Waals surface area contributed by atoms with Gasteiger partial charge in [0.05, 0.1) is 12.3 Å². The molecule has 1 aromatic carbocycles. The lowest BCUT2D eigenvalue weighted by Gasteiger charge is -2.04. The molecule has 0 spiro atoms. The van der Waals surface area contributed by atoms with Gasteiger partial charge in [0.2, 0.25) is 0 Å². The van der Waals surface area contributed by atoms with Crippen LogP contribution in [0, 0.1) is 6.92 Å². The number of hydrogen-bond donors (Lipinski definition) is 1. The zero-order valence-corrected chi connectivity index (χ0v) is 13.0. The maximum absolute atomic E-state index is 10.9. The molecule has 1 heterocycles. The summed E-state index contributed by atoms with van der Waals surface area (Å²) in [5, 5.41) is 9.59. The molecule has 2 rings (SSSR count). The Morgan fingerprint density at radius 2 is 2.35 bits per heavy atom. The monoisotopic (exact) mass is 329 g/mol. The van der Waals surface area contributed by atoms with Crippen molar-refractivity contribution in [2.75, 3.05) is 12.4 Å². The summed E-state index contributed by atoms with van der Waals surface area (Å²) in [6.07, 6.45) is 0. The van der Waals surface area contributed by atoms with Gasteiger partial charge in [0.1, 0.15) is 10.6 Å². The summed E-state index contributed by atoms with van der Waals surface area (Å²) in [5.74, 6) is 0.486. The van der Waals surface area contributed by atoms with Crippen LogP contribution < -0.4 is 4.74 Å². The fourth-order valence-electron chi connectivity index (χ4n) is 1.48. The summed E-state index contributed by atoms with van der Waals surface area (Å²) < 4.78 is 6.29. The van der Waals surface area contributed by atoms with Gasteiger partial charge in [-0.15, -0.1) is 11.3 Å². The third-order valence-electron chi connectivity index (χ3n) is 2.34. The van der Waals surface area contributed by atoms with E-state index in [0.717, 1.165) is 10.1 Å². The van der Waals surface area contributed by atoms with Crippen molar-refractivity contribution in [3.63, 3.8) is 0 Å². The molecule has 0 atom stereocenters. The van der Waals surface area contributed by atoms with Crippen molar-refractivity contribution in [3.8, 4) is 5.75 Å². The van der Waals surface area contributed by atoms with Crippen molar-refractivity contribution in [1.29, 1.82) is 0 Å². The van der Waals surface area contributed by atoms with Crippen molar-refractivity contribution in [1.82, 2.24) is 4.98 Å². The van der Waals surface area contributed by atoms with Gasteiger partial charge in [-0.3, -0.25) is 0 Å². The summed E-state index contributed by atoms with van der Waals surface area (Å²) in [5.41, 5.74) is 0.556. The van der Waals surface area contributed by atoms with E-state index in [0.29, 0.717) is 28.0 Å². The van der Waals surface area contributed by atoms with Crippen LogP contribution in [0.5, 0.6) is 5.75 Å². The molecule has 0 amide bonds. The number of aromatic carboxylic acids is 1. The molecule has 0 aliphatic carbocycles. The molecule has 1 N–H and O–H groups in total. The Labute approximate surface area is 129 Å². The first-order chi connectivity index (χ1) is 9.56. The summed E-state index contributed by atoms with van der Waals surface area (Å²) in [7, 11) is 0. The predicted molar refractivity (Wildman–Crippen MR) is 81.5 cm³/mol. The minimum atomic E-state index is -0.929. The number of benzene rings is 1. The molecule has 0 unspecified atom stereocenters. The number of carbonyl (C=O) groups is 1. The third kappa shape index (κ3) is 4.13. The largest absolute Gasteiger partial charge is 0.493 e. The van der Waals surface area contributed by atoms with Gasteiger partial charge in [0, 0.05) is 10.8 Å². The van der Waals surface area contributed by atoms with E-state index in [-0.39, 0.29) is 0 Å². The first-order valence-electron chi connectivity index (χ1n) is 5.78. The van der Waals surface area contributed by atoms with Crippen LogP contribution in [0.2, 0.25) is 5.02 Å². The van der Waals surface area contributed by atoms with Crippen LogP contribution in [0.1, 0.15) is 15.4 Å². The van der Waals surface area contributed by atoms with Crippen molar-refractivity contribution >= 4 is 40.7 Å². The molecule has 2 aromatic rings. The van der Waals surface area contributed by atoms with Gasteiger partial charge in [-0.25, -0.2) is 9.78 Å². The van der Waals surface area contributed by atoms with Crippen molar-refractivity contribution in [2.24, 2.45) is 0 Å². The molecular formula is C13H12ClNO3S2. The van der Waals surface area contributed by atoms with Gasteiger partial charge in [-0.1, -0.05) is 29.4 Å². The average Bonchev–Trinajstić information content (AvgIpc) is 2.76. The first-order valence-corrected chi connectivity index (χ1v) is 7.96. The van der Waals surface area contributed by atoms with E-state index in [1.165, 1.54) is 23.1 Å². The number of aryl methyl sites for hydroxylation is 1. The van der Waals surface area contributed by atoms with E-state index < -0.39 is 5.97 Å². The molecule has 0 saturated heterocycles. The van der Waals surface area contributed by atoms with Crippen LogP contribution in [0.3, 0.4) is 0 Å². The van der Waals surface area contributed by atoms with E-state index in [4.69, 9.17) is 21.4 Å². The van der Waals surface area contributed by atoms with Crippen LogP contribution in [0.4, 0.5) is 0 Å². The Morgan fingerprint density at radius 3 is 3.00 bits per heavy atom. The number of hydrogen-bond acceptors (Lipinski definition) is 5. The highest BCUT2D eigenvalue weighted by molar-refractivity contribution is 8.01. The van der Waals surface area contributed by atoms with E-state index in [1.54, 1.807) is 19.1 Å². The maximum Gasteiger partial charge on any atom is 0.347 e. The second-order valence-electron chi connectivity index (χ2n) is 3.85. The normalized spacial score (nSPS) is 10.5. The number of ether oxygens (including phenoxy) is 1. The summed E-state index contributed by atoms with van der Waals surface area (Å²) in [6.45, 7) is 2.21. The van der Waals surface area contributed by atoms with E-state index in [9.17, 15) is 4.79 Å². The van der Waals surface area contributed by atoms with E-state index in [1.807, 2.05) is 12.1 Å². The highest BCUT2D eigenvalue weighted by atomic mass is 35.5. The minimum absolute atomic E-state index is 0.295. The average molecular weight is 330 g/mol. The summed E-state index contributed by atoms with van der Waals surface area (Å²) in [4.78, 5) is 15.4. The molecular weight excluding hydrogens is 318 g/mol. The Kier molecular flexibility index (Phi) is 5.28. The van der Waals surface area contributed by atoms with Crippen LogP contribution in [0.25, 0.3) is 0 Å². The Morgan fingerprint density at radius 1 is 1.55 bits per heavy atom. The van der Waals surface area contributed by atoms with E-state index >= 15 is 0 Å². The maximum atomic E-state index is 10.9. The molecule has 0 radical (unpaired) electrons. The van der Waals surface area contributed by atoms with Crippen molar-refractivity contribution in [3.05, 3.63) is 39.9 Å². The fraction of sp³-hybridized carbons (Fsp3) is 0.231. The van der Waals surface area contributed by atoms with Crippen LogP contribution in [-0.4, -0.2) is 28.4 Å². The molecule has 106 valence electrons. The molecule has 0 aliphatic heterocycles. The number of carboxylic acids is 1. The van der Waals surface area contributed by atoms with Crippen LogP contribution in [0.15, 0.2) is 28.6 Å². The minimum Gasteiger partial charge on any atom is -0.493 e. The van der Waals surface area contributed by atoms with Gasteiger partial charge >= 0.3 is 5.97 Å². The van der Waals surface area contributed by atoms with Crippen LogP contribution >= 0.6 is 34.7 Å². The van der Waals surface area contributed by atoms with Gasteiger partial charge in [0.25, 0.3) is 0 Å². The molecule has 4 nitrogen and oxygen atoms in total. The first kappa shape index (κ1) is 15.2. The smallest absolute Gasteiger partial charge is 0.347 e. The predicted octanol–water partition coefficient (Wildman–Crippen LogP) is 3.97. The Bertz CT molecular complexity index is 615. The number of rotatable bonds is 6. The summed E-state index contributed by atoms with van der Waals surface area (Å²) >= 11 is 8.53. The highest BCUT2D eigenvalue weighted by Crippen LogP contribution is 2.27. The lowest BCUT2D eigenvalue weighted by molar-refractivity contribution is 0.0701. The molecule has 7 heteroatoms. The Hall–Kier alpha value is -1.24. The molecule has 20 heavy (non-hydrogen) atoms. The number of aromatic nitrogens is 1. The topological polar surface area (TPSA) is 59.4 Å². The highest BCUT2D eigenvalue weighted by Gasteiger charge is 2.13. The molecule has 0 aliphatic rings.